The maximum absolute atomic E-state index is 13.0. The summed E-state index contributed by atoms with van der Waals surface area (Å²) in [7, 11) is 1.74. The first-order valence-corrected chi connectivity index (χ1v) is 8.35. The monoisotopic (exact) mass is 334 g/mol. The smallest absolute Gasteiger partial charge is 0.311 e. The third-order valence-corrected chi connectivity index (χ3v) is 5.53. The Morgan fingerprint density at radius 2 is 1.75 bits per heavy atom. The number of aromatic nitrogens is 2. The van der Waals surface area contributed by atoms with Crippen molar-refractivity contribution in [1.29, 1.82) is 0 Å². The number of carbonyl (C=O) groups is 1. The summed E-state index contributed by atoms with van der Waals surface area (Å²) in [4.78, 5) is 31.3. The van der Waals surface area contributed by atoms with E-state index in [9.17, 15) is 9.59 Å². The number of amides is 1. The molecule has 5 rings (SSSR count). The van der Waals surface area contributed by atoms with Crippen LogP contribution < -0.4 is 20.0 Å². The molecular weight excluding hydrogens is 322 g/mol. The second-order valence-electron chi connectivity index (χ2n) is 5.78. The van der Waals surface area contributed by atoms with E-state index in [-0.39, 0.29) is 11.5 Å². The minimum atomic E-state index is -0.152. The van der Waals surface area contributed by atoms with Crippen molar-refractivity contribution >= 4 is 44.5 Å². The Hall–Kier alpha value is -2.99. The van der Waals surface area contributed by atoms with E-state index in [2.05, 4.69) is 4.98 Å². The van der Waals surface area contributed by atoms with Crippen LogP contribution in [0.1, 0.15) is 5.56 Å². The molecule has 3 heterocycles. The number of para-hydroxylation sites is 3. The van der Waals surface area contributed by atoms with Gasteiger partial charge >= 0.3 is 10.5 Å². The van der Waals surface area contributed by atoms with Crippen molar-refractivity contribution in [1.82, 2.24) is 4.40 Å². The van der Waals surface area contributed by atoms with Gasteiger partial charge in [0.1, 0.15) is 4.53 Å². The van der Waals surface area contributed by atoms with E-state index < -0.39 is 0 Å². The first-order chi connectivity index (χ1) is 11.7. The minimum Gasteiger partial charge on any atom is -0.311 e. The summed E-state index contributed by atoms with van der Waals surface area (Å²) < 4.78 is 2.13. The molecule has 0 radical (unpaired) electrons. The number of nitrogens with one attached hydrogen (secondary N) is 1. The molecule has 0 saturated heterocycles. The number of benzene rings is 2. The molecule has 1 aliphatic heterocycles. The molecule has 2 aromatic carbocycles. The third-order valence-electron chi connectivity index (χ3n) is 4.47. The Kier molecular flexibility index (Phi) is 2.53. The molecule has 0 fully saturated rings. The van der Waals surface area contributed by atoms with Gasteiger partial charge in [0, 0.05) is 12.6 Å². The van der Waals surface area contributed by atoms with E-state index in [4.69, 9.17) is 0 Å². The lowest BCUT2D eigenvalue weighted by molar-refractivity contribution is -0.308. The number of fused-ring (bicyclic) bond motifs is 4. The lowest BCUT2D eigenvalue weighted by atomic mass is 10.1. The van der Waals surface area contributed by atoms with Crippen molar-refractivity contribution in [2.75, 3.05) is 11.9 Å². The van der Waals surface area contributed by atoms with Gasteiger partial charge < -0.3 is 4.90 Å². The quantitative estimate of drug-likeness (QED) is 0.486. The van der Waals surface area contributed by atoms with E-state index in [1.807, 2.05) is 48.5 Å². The molecule has 0 aliphatic carbocycles. The zero-order valence-electron chi connectivity index (χ0n) is 12.7. The number of carbonyl (C=O) groups excluding carboxylic acids is 1. The van der Waals surface area contributed by atoms with Crippen molar-refractivity contribution in [3.05, 3.63) is 69.0 Å². The fourth-order valence-corrected chi connectivity index (χ4v) is 4.42. The Bertz CT molecular complexity index is 1270. The zero-order valence-corrected chi connectivity index (χ0v) is 13.6. The summed E-state index contributed by atoms with van der Waals surface area (Å²) in [6, 6.07) is 15.2. The Morgan fingerprint density at radius 1 is 1.00 bits per heavy atom. The molecule has 0 spiro atoms. The molecule has 1 aliphatic rings. The molecule has 0 bridgehead atoms. The highest BCUT2D eigenvalue weighted by Gasteiger charge is 2.33. The summed E-state index contributed by atoms with van der Waals surface area (Å²) in [5.41, 5.74) is 3.73. The number of anilines is 1. The molecule has 0 unspecified atom stereocenters. The van der Waals surface area contributed by atoms with Gasteiger partial charge in [-0.15, -0.1) is 4.40 Å². The van der Waals surface area contributed by atoms with Gasteiger partial charge in [0.15, 0.2) is 11.0 Å². The summed E-state index contributed by atoms with van der Waals surface area (Å²) in [6.07, 6.45) is 0. The van der Waals surface area contributed by atoms with Crippen LogP contribution in [0.5, 0.6) is 0 Å². The zero-order chi connectivity index (χ0) is 16.4. The van der Waals surface area contributed by atoms with Gasteiger partial charge in [0.25, 0.3) is 5.91 Å². The van der Waals surface area contributed by atoms with Crippen molar-refractivity contribution in [3.63, 3.8) is 0 Å². The average Bonchev–Trinajstić information content (AvgIpc) is 3.19. The second-order valence-corrected chi connectivity index (χ2v) is 6.77. The Balaban J connectivity index is 1.97. The van der Waals surface area contributed by atoms with Crippen molar-refractivity contribution < 1.29 is 9.78 Å². The van der Waals surface area contributed by atoms with Gasteiger partial charge in [0.05, 0.1) is 11.3 Å². The van der Waals surface area contributed by atoms with Crippen LogP contribution in [0.15, 0.2) is 53.3 Å². The number of likely N-dealkylation sites (N-methyl/N-ethyl adjacent to an activating group) is 1. The summed E-state index contributed by atoms with van der Waals surface area (Å²) in [6.45, 7) is 0. The molecule has 1 amide bonds. The minimum absolute atomic E-state index is 0.137. The maximum Gasteiger partial charge on any atom is 0.358 e. The summed E-state index contributed by atoms with van der Waals surface area (Å²) in [5.74, 6) is -0.137. The van der Waals surface area contributed by atoms with Crippen LogP contribution in [0.25, 0.3) is 21.6 Å². The fraction of sp³-hybridized carbons (Fsp3) is 0.0556. The SMILES string of the molecule is CN1C(=O)C(=c2sc3[nH+]c4ccccc4n3c2=O)c2ccccc21. The van der Waals surface area contributed by atoms with Crippen LogP contribution in [-0.2, 0) is 4.79 Å². The maximum atomic E-state index is 13.0. The highest BCUT2D eigenvalue weighted by Crippen LogP contribution is 2.33. The Labute approximate surface area is 140 Å². The molecule has 0 atom stereocenters. The largest absolute Gasteiger partial charge is 0.358 e. The number of rotatable bonds is 0. The second kappa shape index (κ2) is 4.52. The fourth-order valence-electron chi connectivity index (χ4n) is 3.32. The number of thiazole rings is 1. The first-order valence-electron chi connectivity index (χ1n) is 7.54. The molecule has 0 saturated carbocycles. The van der Waals surface area contributed by atoms with Crippen LogP contribution >= 0.6 is 11.3 Å². The number of nitrogens with zero attached hydrogens (tertiary/aromatic N) is 2. The van der Waals surface area contributed by atoms with Gasteiger partial charge in [0.2, 0.25) is 0 Å². The number of hydrogen-bond donors (Lipinski definition) is 0. The van der Waals surface area contributed by atoms with Crippen LogP contribution in [0.4, 0.5) is 5.69 Å². The van der Waals surface area contributed by atoms with E-state index in [1.54, 1.807) is 16.3 Å². The summed E-state index contributed by atoms with van der Waals surface area (Å²) in [5, 5.41) is 0. The van der Waals surface area contributed by atoms with E-state index in [1.165, 1.54) is 11.3 Å². The average molecular weight is 334 g/mol. The topological polar surface area (TPSA) is 55.9 Å². The van der Waals surface area contributed by atoms with Gasteiger partial charge in [-0.2, -0.15) is 0 Å². The number of imidazole rings is 1. The van der Waals surface area contributed by atoms with Crippen molar-refractivity contribution in [2.45, 2.75) is 0 Å². The molecule has 116 valence electrons. The molecular formula is C18H12N3O2S+. The predicted molar refractivity (Wildman–Crippen MR) is 93.2 cm³/mol. The molecule has 2 aromatic heterocycles. The van der Waals surface area contributed by atoms with Crippen LogP contribution in [-0.4, -0.2) is 17.4 Å². The lowest BCUT2D eigenvalue weighted by Gasteiger charge is -2.07. The van der Waals surface area contributed by atoms with E-state index in [0.29, 0.717) is 10.1 Å². The van der Waals surface area contributed by atoms with E-state index in [0.717, 1.165) is 27.2 Å². The van der Waals surface area contributed by atoms with Gasteiger partial charge in [-0.3, -0.25) is 4.79 Å². The molecule has 5 nitrogen and oxygen atoms in total. The number of aromatic amines is 1. The highest BCUT2D eigenvalue weighted by atomic mass is 32.1. The first kappa shape index (κ1) is 13.4. The van der Waals surface area contributed by atoms with Gasteiger partial charge in [-0.25, -0.2) is 9.78 Å². The van der Waals surface area contributed by atoms with Crippen molar-refractivity contribution in [3.8, 4) is 0 Å². The normalized spacial score (nSPS) is 16.4. The van der Waals surface area contributed by atoms with Crippen molar-refractivity contribution in [2.24, 2.45) is 0 Å². The van der Waals surface area contributed by atoms with E-state index >= 15 is 0 Å². The molecule has 24 heavy (non-hydrogen) atoms. The van der Waals surface area contributed by atoms with Crippen LogP contribution in [0.2, 0.25) is 0 Å². The number of hydrogen-bond acceptors (Lipinski definition) is 3. The Morgan fingerprint density at radius 3 is 2.62 bits per heavy atom. The highest BCUT2D eigenvalue weighted by molar-refractivity contribution is 7.15. The van der Waals surface area contributed by atoms with Gasteiger partial charge in [-0.1, -0.05) is 30.3 Å². The summed E-state index contributed by atoms with van der Waals surface area (Å²) >= 11 is 1.33. The third kappa shape index (κ3) is 1.55. The van der Waals surface area contributed by atoms with Gasteiger partial charge in [-0.05, 0) is 29.5 Å². The lowest BCUT2D eigenvalue weighted by Crippen LogP contribution is -2.30. The van der Waals surface area contributed by atoms with Crippen LogP contribution in [0, 0.1) is 0 Å². The number of H-pyrrole nitrogens is 1. The molecule has 1 N–H and O–H groups in total. The van der Waals surface area contributed by atoms with Crippen LogP contribution in [0.3, 0.4) is 0 Å². The molecule has 4 aromatic rings. The molecule has 6 heteroatoms. The standard InChI is InChI=1S/C18H11N3O2S/c1-20-12-8-4-2-6-10(12)14(16(20)22)15-17(23)21-13-9-5-3-7-11(13)19-18(21)24-15/h2-9H,1H3/p+1. The predicted octanol–water partition coefficient (Wildman–Crippen LogP) is 1.22.